The molecule has 1 aliphatic rings. The molecule has 168 valence electrons. The van der Waals surface area contributed by atoms with E-state index in [4.69, 9.17) is 4.74 Å². The first-order chi connectivity index (χ1) is 14.7. The minimum atomic E-state index is -3.63. The van der Waals surface area contributed by atoms with E-state index in [1.165, 1.54) is 20.2 Å². The van der Waals surface area contributed by atoms with Crippen molar-refractivity contribution in [2.75, 3.05) is 45.2 Å². The molecule has 0 saturated carbocycles. The van der Waals surface area contributed by atoms with Gasteiger partial charge in [-0.25, -0.2) is 12.7 Å². The second-order valence-electron chi connectivity index (χ2n) is 7.99. The lowest BCUT2D eigenvalue weighted by atomic mass is 10.1. The highest BCUT2D eigenvalue weighted by atomic mass is 32.2. The van der Waals surface area contributed by atoms with Crippen LogP contribution in [0.15, 0.2) is 41.3 Å². The molecule has 1 N–H and O–H groups in total. The number of hydrogen-bond acceptors (Lipinski definition) is 5. The van der Waals surface area contributed by atoms with Crippen LogP contribution in [0.1, 0.15) is 34.3 Å². The molecule has 8 heteroatoms. The number of benzene rings is 2. The molecule has 0 spiro atoms. The Morgan fingerprint density at radius 2 is 1.74 bits per heavy atom. The summed E-state index contributed by atoms with van der Waals surface area (Å²) in [5, 5.41) is 2.88. The monoisotopic (exact) mass is 445 g/mol. The van der Waals surface area contributed by atoms with E-state index in [1.807, 2.05) is 32.0 Å². The fourth-order valence-electron chi connectivity index (χ4n) is 3.74. The predicted molar refractivity (Wildman–Crippen MR) is 123 cm³/mol. The first-order valence-corrected chi connectivity index (χ1v) is 11.9. The topological polar surface area (TPSA) is 78.9 Å². The Morgan fingerprint density at radius 3 is 2.35 bits per heavy atom. The molecule has 0 radical (unpaired) electrons. The van der Waals surface area contributed by atoms with E-state index >= 15 is 0 Å². The lowest BCUT2D eigenvalue weighted by Gasteiger charge is -2.22. The minimum absolute atomic E-state index is 0.109. The second-order valence-corrected chi connectivity index (χ2v) is 10.1. The summed E-state index contributed by atoms with van der Waals surface area (Å²) in [5.74, 6) is 0.524. The molecule has 0 bridgehead atoms. The van der Waals surface area contributed by atoms with Gasteiger partial charge in [-0.3, -0.25) is 4.79 Å². The number of amides is 1. The first-order valence-electron chi connectivity index (χ1n) is 10.5. The van der Waals surface area contributed by atoms with Gasteiger partial charge >= 0.3 is 0 Å². The number of ether oxygens (including phenoxy) is 1. The summed E-state index contributed by atoms with van der Waals surface area (Å²) in [6.45, 7) is 6.33. The lowest BCUT2D eigenvalue weighted by Crippen LogP contribution is -2.31. The normalized spacial score (nSPS) is 14.2. The summed E-state index contributed by atoms with van der Waals surface area (Å²) in [6.07, 6.45) is 2.12. The maximum absolute atomic E-state index is 13.0. The first kappa shape index (κ1) is 23.1. The van der Waals surface area contributed by atoms with E-state index in [0.29, 0.717) is 18.7 Å². The van der Waals surface area contributed by atoms with Gasteiger partial charge in [-0.1, -0.05) is 18.2 Å². The van der Waals surface area contributed by atoms with E-state index in [1.54, 1.807) is 12.1 Å². The van der Waals surface area contributed by atoms with Crippen molar-refractivity contribution < 1.29 is 17.9 Å². The summed E-state index contributed by atoms with van der Waals surface area (Å²) in [4.78, 5) is 15.3. The minimum Gasteiger partial charge on any atom is -0.491 e. The van der Waals surface area contributed by atoms with Crippen molar-refractivity contribution in [3.05, 3.63) is 53.1 Å². The fraction of sp³-hybridized carbons (Fsp3) is 0.435. The van der Waals surface area contributed by atoms with Crippen LogP contribution in [-0.2, 0) is 10.0 Å². The van der Waals surface area contributed by atoms with Crippen molar-refractivity contribution in [3.8, 4) is 5.75 Å². The highest BCUT2D eigenvalue weighted by Crippen LogP contribution is 2.28. The summed E-state index contributed by atoms with van der Waals surface area (Å²) >= 11 is 0. The number of nitrogens with zero attached hydrogens (tertiary/aromatic N) is 2. The smallest absolute Gasteiger partial charge is 0.253 e. The summed E-state index contributed by atoms with van der Waals surface area (Å²) < 4.78 is 32.2. The Balaban J connectivity index is 1.76. The number of sulfonamides is 1. The van der Waals surface area contributed by atoms with E-state index in [9.17, 15) is 13.2 Å². The fourth-order valence-corrected chi connectivity index (χ4v) is 4.67. The van der Waals surface area contributed by atoms with Gasteiger partial charge in [-0.2, -0.15) is 0 Å². The Labute approximate surface area is 185 Å². The van der Waals surface area contributed by atoms with Gasteiger partial charge < -0.3 is 15.0 Å². The number of aryl methyl sites for hydroxylation is 2. The largest absolute Gasteiger partial charge is 0.491 e. The van der Waals surface area contributed by atoms with Crippen LogP contribution in [0.2, 0.25) is 0 Å². The third-order valence-corrected chi connectivity index (χ3v) is 7.29. The molecular weight excluding hydrogens is 414 g/mol. The zero-order chi connectivity index (χ0) is 22.6. The van der Waals surface area contributed by atoms with Crippen LogP contribution in [0.5, 0.6) is 5.75 Å². The molecule has 1 heterocycles. The third kappa shape index (κ3) is 5.19. The van der Waals surface area contributed by atoms with E-state index in [0.717, 1.165) is 52.8 Å². The Bertz CT molecular complexity index is 1020. The Kier molecular flexibility index (Phi) is 7.23. The zero-order valence-corrected chi connectivity index (χ0v) is 19.5. The number of carbonyl (C=O) groups excluding carboxylic acids is 1. The molecule has 3 rings (SSSR count). The van der Waals surface area contributed by atoms with Crippen molar-refractivity contribution in [2.45, 2.75) is 31.6 Å². The number of anilines is 1. The third-order valence-electron chi connectivity index (χ3n) is 5.48. The van der Waals surface area contributed by atoms with Gasteiger partial charge in [-0.05, 0) is 56.0 Å². The van der Waals surface area contributed by atoms with Gasteiger partial charge in [0, 0.05) is 32.9 Å². The molecule has 1 saturated heterocycles. The Hall–Kier alpha value is -2.58. The van der Waals surface area contributed by atoms with Crippen molar-refractivity contribution in [1.29, 1.82) is 0 Å². The molecule has 1 aliphatic heterocycles. The average molecular weight is 446 g/mol. The van der Waals surface area contributed by atoms with Crippen molar-refractivity contribution in [2.24, 2.45) is 0 Å². The second kappa shape index (κ2) is 9.70. The highest BCUT2D eigenvalue weighted by molar-refractivity contribution is 7.89. The standard InChI is InChI=1S/C23H31N3O4S/c1-17-8-7-9-18(2)22(17)30-15-12-24-23(27)20-16-19(31(28,29)25(3)4)10-11-21(20)26-13-5-6-14-26/h7-11,16H,5-6,12-15H2,1-4H3,(H,24,27). The van der Waals surface area contributed by atoms with Crippen LogP contribution in [0.25, 0.3) is 0 Å². The number of hydrogen-bond donors (Lipinski definition) is 1. The number of nitrogens with one attached hydrogen (secondary N) is 1. The van der Waals surface area contributed by atoms with Gasteiger partial charge in [0.2, 0.25) is 10.0 Å². The van der Waals surface area contributed by atoms with E-state index in [2.05, 4.69) is 10.2 Å². The molecule has 0 aliphatic carbocycles. The molecule has 31 heavy (non-hydrogen) atoms. The van der Waals surface area contributed by atoms with Crippen LogP contribution in [-0.4, -0.2) is 59.0 Å². The van der Waals surface area contributed by atoms with E-state index in [-0.39, 0.29) is 10.8 Å². The molecule has 0 atom stereocenters. The van der Waals surface area contributed by atoms with Crippen LogP contribution in [0, 0.1) is 13.8 Å². The number of para-hydroxylation sites is 1. The van der Waals surface area contributed by atoms with Gasteiger partial charge in [0.25, 0.3) is 5.91 Å². The van der Waals surface area contributed by atoms with Gasteiger partial charge in [0.05, 0.1) is 17.0 Å². The van der Waals surface area contributed by atoms with Crippen molar-refractivity contribution in [3.63, 3.8) is 0 Å². The van der Waals surface area contributed by atoms with Gasteiger partial charge in [-0.15, -0.1) is 0 Å². The molecule has 0 unspecified atom stereocenters. The van der Waals surface area contributed by atoms with Gasteiger partial charge in [0.15, 0.2) is 0 Å². The number of rotatable bonds is 8. The summed E-state index contributed by atoms with van der Waals surface area (Å²) in [6, 6.07) is 10.7. The van der Waals surface area contributed by atoms with Crippen LogP contribution < -0.4 is 15.0 Å². The molecular formula is C23H31N3O4S. The van der Waals surface area contributed by atoms with Crippen LogP contribution >= 0.6 is 0 Å². The molecule has 1 amide bonds. The highest BCUT2D eigenvalue weighted by Gasteiger charge is 2.24. The lowest BCUT2D eigenvalue weighted by molar-refractivity contribution is 0.0947. The average Bonchev–Trinajstić information content (AvgIpc) is 3.27. The van der Waals surface area contributed by atoms with Crippen molar-refractivity contribution >= 4 is 21.6 Å². The van der Waals surface area contributed by atoms with Crippen molar-refractivity contribution in [1.82, 2.24) is 9.62 Å². The quantitative estimate of drug-likeness (QED) is 0.632. The summed E-state index contributed by atoms with van der Waals surface area (Å²) in [5.41, 5.74) is 3.23. The molecule has 2 aromatic carbocycles. The zero-order valence-electron chi connectivity index (χ0n) is 18.6. The molecule has 2 aromatic rings. The molecule has 1 fully saturated rings. The SMILES string of the molecule is Cc1cccc(C)c1OCCNC(=O)c1cc(S(=O)(=O)N(C)C)ccc1N1CCCC1. The number of carbonyl (C=O) groups is 1. The Morgan fingerprint density at radius 1 is 1.10 bits per heavy atom. The molecule has 7 nitrogen and oxygen atoms in total. The van der Waals surface area contributed by atoms with Crippen LogP contribution in [0.4, 0.5) is 5.69 Å². The van der Waals surface area contributed by atoms with E-state index < -0.39 is 10.0 Å². The maximum Gasteiger partial charge on any atom is 0.253 e. The molecule has 0 aromatic heterocycles. The van der Waals surface area contributed by atoms with Crippen LogP contribution in [0.3, 0.4) is 0 Å². The maximum atomic E-state index is 13.0. The van der Waals surface area contributed by atoms with Gasteiger partial charge in [0.1, 0.15) is 12.4 Å². The summed E-state index contributed by atoms with van der Waals surface area (Å²) in [7, 11) is -0.673. The predicted octanol–water partition coefficient (Wildman–Crippen LogP) is 2.96.